The van der Waals surface area contributed by atoms with Crippen molar-refractivity contribution in [1.82, 2.24) is 4.90 Å². The van der Waals surface area contributed by atoms with Crippen molar-refractivity contribution in [3.8, 4) is 28.4 Å². The van der Waals surface area contributed by atoms with Crippen molar-refractivity contribution < 1.29 is 23.4 Å². The third-order valence-electron chi connectivity index (χ3n) is 6.54. The number of hydrogen-bond donors (Lipinski definition) is 0. The molecule has 2 atom stereocenters. The normalized spacial score (nSPS) is 18.8. The molecule has 1 fully saturated rings. The number of fused-ring (bicyclic) bond motifs is 1. The highest BCUT2D eigenvalue weighted by molar-refractivity contribution is 6.01. The number of rotatable bonds is 6. The predicted octanol–water partition coefficient (Wildman–Crippen LogP) is 6.03. The minimum absolute atomic E-state index is 0.0416. The molecule has 180 valence electrons. The van der Waals surface area contributed by atoms with Gasteiger partial charge in [-0.15, -0.1) is 0 Å². The van der Waals surface area contributed by atoms with E-state index in [4.69, 9.17) is 18.6 Å². The number of carbonyl (C=O) groups is 1. The topological polar surface area (TPSA) is 61.1 Å². The van der Waals surface area contributed by atoms with Crippen LogP contribution in [0.4, 0.5) is 0 Å². The van der Waals surface area contributed by atoms with Gasteiger partial charge in [-0.05, 0) is 55.0 Å². The van der Waals surface area contributed by atoms with Crippen molar-refractivity contribution in [1.29, 1.82) is 0 Å². The minimum Gasteiger partial charge on any atom is -0.497 e. The first-order valence-corrected chi connectivity index (χ1v) is 11.6. The van der Waals surface area contributed by atoms with Crippen molar-refractivity contribution in [3.63, 3.8) is 0 Å². The lowest BCUT2D eigenvalue weighted by molar-refractivity contribution is -0.128. The molecule has 1 aliphatic heterocycles. The number of likely N-dealkylation sites (tertiary alicyclic amines) is 1. The van der Waals surface area contributed by atoms with Crippen molar-refractivity contribution in [2.24, 2.45) is 11.8 Å². The molecule has 0 aliphatic carbocycles. The first-order valence-electron chi connectivity index (χ1n) is 11.6. The minimum atomic E-state index is 0.0416. The SMILES string of the molecule is COc1ccc(OC)c(-c2coc3cc(OC)c(/C(C)=C/C(=O)N4CC(C)CC(C)C4)cc23)c1. The van der Waals surface area contributed by atoms with Crippen LogP contribution in [0.1, 0.15) is 32.8 Å². The number of ether oxygens (including phenoxy) is 3. The number of furan rings is 1. The lowest BCUT2D eigenvalue weighted by Crippen LogP contribution is -2.41. The van der Waals surface area contributed by atoms with Crippen LogP contribution in [0.3, 0.4) is 0 Å². The van der Waals surface area contributed by atoms with E-state index < -0.39 is 0 Å². The van der Waals surface area contributed by atoms with Gasteiger partial charge in [0.05, 0.1) is 27.6 Å². The van der Waals surface area contributed by atoms with Crippen LogP contribution in [0.15, 0.2) is 47.1 Å². The Morgan fingerprint density at radius 3 is 2.32 bits per heavy atom. The van der Waals surface area contributed by atoms with E-state index in [-0.39, 0.29) is 5.91 Å². The zero-order valence-electron chi connectivity index (χ0n) is 20.8. The maximum atomic E-state index is 13.1. The second-order valence-corrected chi connectivity index (χ2v) is 9.28. The van der Waals surface area contributed by atoms with Crippen LogP contribution in [0.2, 0.25) is 0 Å². The zero-order chi connectivity index (χ0) is 24.4. The highest BCUT2D eigenvalue weighted by atomic mass is 16.5. The Morgan fingerprint density at radius 1 is 0.971 bits per heavy atom. The quantitative estimate of drug-likeness (QED) is 0.418. The van der Waals surface area contributed by atoms with Gasteiger partial charge >= 0.3 is 0 Å². The summed E-state index contributed by atoms with van der Waals surface area (Å²) in [5, 5.41) is 0.905. The molecule has 6 heteroatoms. The van der Waals surface area contributed by atoms with Gasteiger partial charge in [-0.1, -0.05) is 13.8 Å². The molecule has 3 aromatic rings. The van der Waals surface area contributed by atoms with E-state index >= 15 is 0 Å². The van der Waals surface area contributed by atoms with Crippen LogP contribution in [0.5, 0.6) is 17.2 Å². The van der Waals surface area contributed by atoms with Crippen LogP contribution in [0, 0.1) is 11.8 Å². The number of carbonyl (C=O) groups excluding carboxylic acids is 1. The van der Waals surface area contributed by atoms with Gasteiger partial charge in [0.2, 0.25) is 5.91 Å². The first kappa shape index (κ1) is 23.7. The zero-order valence-corrected chi connectivity index (χ0v) is 20.8. The van der Waals surface area contributed by atoms with Gasteiger partial charge in [-0.2, -0.15) is 0 Å². The fraction of sp³-hybridized carbons (Fsp3) is 0.393. The Kier molecular flexibility index (Phi) is 6.87. The highest BCUT2D eigenvalue weighted by Crippen LogP contribution is 2.41. The van der Waals surface area contributed by atoms with Gasteiger partial charge < -0.3 is 23.5 Å². The molecule has 34 heavy (non-hydrogen) atoms. The van der Waals surface area contributed by atoms with Crippen LogP contribution >= 0.6 is 0 Å². The summed E-state index contributed by atoms with van der Waals surface area (Å²) in [6.07, 6.45) is 4.60. The summed E-state index contributed by atoms with van der Waals surface area (Å²) < 4.78 is 22.6. The molecule has 0 N–H and O–H groups in total. The Morgan fingerprint density at radius 2 is 1.68 bits per heavy atom. The van der Waals surface area contributed by atoms with Crippen LogP contribution in [0.25, 0.3) is 27.7 Å². The molecule has 6 nitrogen and oxygen atoms in total. The average molecular weight is 464 g/mol. The standard InChI is InChI=1S/C28H33NO5/c1-17-9-18(2)15-29(14-17)28(30)10-19(3)21-12-23-24(16-34-27(23)13-26(21)33-6)22-11-20(31-4)7-8-25(22)32-5/h7-8,10-13,16-18H,9,14-15H2,1-6H3/b19-10+. The number of hydrogen-bond acceptors (Lipinski definition) is 5. The second-order valence-electron chi connectivity index (χ2n) is 9.28. The third-order valence-corrected chi connectivity index (χ3v) is 6.54. The molecule has 1 aliphatic rings. The van der Waals surface area contributed by atoms with Crippen LogP contribution < -0.4 is 14.2 Å². The number of methoxy groups -OCH3 is 3. The summed E-state index contributed by atoms with van der Waals surface area (Å²) in [6, 6.07) is 9.56. The molecule has 1 aromatic heterocycles. The lowest BCUT2D eigenvalue weighted by atomic mass is 9.91. The van der Waals surface area contributed by atoms with E-state index in [9.17, 15) is 4.79 Å². The van der Waals surface area contributed by atoms with Gasteiger partial charge in [0.1, 0.15) is 22.8 Å². The van der Waals surface area contributed by atoms with E-state index in [1.807, 2.05) is 42.2 Å². The summed E-state index contributed by atoms with van der Waals surface area (Å²) in [7, 11) is 4.91. The molecule has 1 amide bonds. The van der Waals surface area contributed by atoms with Crippen molar-refractivity contribution in [2.75, 3.05) is 34.4 Å². The van der Waals surface area contributed by atoms with Gasteiger partial charge in [0.15, 0.2) is 0 Å². The van der Waals surface area contributed by atoms with Crippen LogP contribution in [-0.2, 0) is 4.79 Å². The molecule has 0 radical (unpaired) electrons. The van der Waals surface area contributed by atoms with Crippen molar-refractivity contribution in [3.05, 3.63) is 48.2 Å². The fourth-order valence-electron chi connectivity index (χ4n) is 4.96. The number of allylic oxidation sites excluding steroid dienone is 1. The Balaban J connectivity index is 1.77. The maximum Gasteiger partial charge on any atom is 0.246 e. The number of amides is 1. The molecule has 4 rings (SSSR count). The molecular weight excluding hydrogens is 430 g/mol. The van der Waals surface area contributed by atoms with E-state index in [1.54, 1.807) is 33.7 Å². The van der Waals surface area contributed by atoms with Gasteiger partial charge in [0.25, 0.3) is 0 Å². The summed E-state index contributed by atoms with van der Waals surface area (Å²) in [5.41, 5.74) is 4.14. The van der Waals surface area contributed by atoms with Crippen LogP contribution in [-0.4, -0.2) is 45.2 Å². The summed E-state index contributed by atoms with van der Waals surface area (Å²) in [5.74, 6) is 3.17. The monoisotopic (exact) mass is 463 g/mol. The van der Waals surface area contributed by atoms with Gasteiger partial charge in [0, 0.05) is 47.3 Å². The van der Waals surface area contributed by atoms with E-state index in [0.717, 1.165) is 58.7 Å². The smallest absolute Gasteiger partial charge is 0.246 e. The molecule has 2 aromatic carbocycles. The van der Waals surface area contributed by atoms with Gasteiger partial charge in [-0.3, -0.25) is 4.79 Å². The lowest BCUT2D eigenvalue weighted by Gasteiger charge is -2.34. The molecule has 0 saturated carbocycles. The van der Waals surface area contributed by atoms with E-state index in [0.29, 0.717) is 23.2 Å². The molecule has 0 bridgehead atoms. The molecule has 2 unspecified atom stereocenters. The van der Waals surface area contributed by atoms with Crippen molar-refractivity contribution >= 4 is 22.4 Å². The summed E-state index contributed by atoms with van der Waals surface area (Å²) in [6.45, 7) is 7.95. The van der Waals surface area contributed by atoms with E-state index in [2.05, 4.69) is 13.8 Å². The van der Waals surface area contributed by atoms with E-state index in [1.165, 1.54) is 0 Å². The first-order chi connectivity index (χ1) is 16.3. The molecular formula is C28H33NO5. The number of benzene rings is 2. The predicted molar refractivity (Wildman–Crippen MR) is 134 cm³/mol. The van der Waals surface area contributed by atoms with Crippen molar-refractivity contribution in [2.45, 2.75) is 27.2 Å². The Hall–Kier alpha value is -3.41. The summed E-state index contributed by atoms with van der Waals surface area (Å²) in [4.78, 5) is 15.0. The largest absolute Gasteiger partial charge is 0.497 e. The second kappa shape index (κ2) is 9.84. The number of nitrogens with zero attached hydrogens (tertiary/aromatic N) is 1. The maximum absolute atomic E-state index is 13.1. The molecule has 1 saturated heterocycles. The fourth-order valence-corrected chi connectivity index (χ4v) is 4.96. The number of piperidine rings is 1. The summed E-state index contributed by atoms with van der Waals surface area (Å²) >= 11 is 0. The average Bonchev–Trinajstić information content (AvgIpc) is 3.24. The Bertz CT molecular complexity index is 1220. The van der Waals surface area contributed by atoms with Gasteiger partial charge in [-0.25, -0.2) is 0 Å². The highest BCUT2D eigenvalue weighted by Gasteiger charge is 2.25. The molecule has 2 heterocycles. The third kappa shape index (κ3) is 4.63. The molecule has 0 spiro atoms. The Labute approximate surface area is 201 Å².